The number of aryl methyl sites for hydroxylation is 1. The van der Waals surface area contributed by atoms with E-state index < -0.39 is 10.0 Å². The van der Waals surface area contributed by atoms with Gasteiger partial charge in [-0.05, 0) is 39.0 Å². The van der Waals surface area contributed by atoms with Crippen molar-refractivity contribution in [3.05, 3.63) is 41.2 Å². The number of nitrogens with zero attached hydrogens (tertiary/aromatic N) is 5. The lowest BCUT2D eigenvalue weighted by Crippen LogP contribution is -2.38. The van der Waals surface area contributed by atoms with Gasteiger partial charge in [-0.25, -0.2) is 13.1 Å². The van der Waals surface area contributed by atoms with E-state index in [0.717, 1.165) is 12.0 Å². The molecule has 2 heterocycles. The Hall–Kier alpha value is -1.80. The monoisotopic (exact) mass is 349 g/mol. The SMILES string of the molecule is CC(C)(C)c1ccc2c(c1)CCN(S(=O)(=O)CCn1cnnn1)C2. The Morgan fingerprint density at radius 1 is 1.21 bits per heavy atom. The van der Waals surface area contributed by atoms with Crippen LogP contribution in [-0.4, -0.2) is 45.2 Å². The Balaban J connectivity index is 1.72. The molecule has 7 nitrogen and oxygen atoms in total. The van der Waals surface area contributed by atoms with Crippen molar-refractivity contribution in [3.8, 4) is 0 Å². The first-order chi connectivity index (χ1) is 11.3. The van der Waals surface area contributed by atoms with Gasteiger partial charge in [-0.3, -0.25) is 0 Å². The summed E-state index contributed by atoms with van der Waals surface area (Å²) in [5, 5.41) is 10.7. The molecule has 0 atom stereocenters. The Morgan fingerprint density at radius 2 is 2.00 bits per heavy atom. The van der Waals surface area contributed by atoms with E-state index in [1.807, 2.05) is 0 Å². The smallest absolute Gasteiger partial charge is 0.216 e. The maximum atomic E-state index is 12.6. The fourth-order valence-corrected chi connectivity index (χ4v) is 4.23. The van der Waals surface area contributed by atoms with Gasteiger partial charge in [0.2, 0.25) is 10.0 Å². The number of rotatable bonds is 4. The lowest BCUT2D eigenvalue weighted by Gasteiger charge is -2.30. The third-order valence-corrected chi connectivity index (χ3v) is 6.21. The normalized spacial score (nSPS) is 16.1. The minimum absolute atomic E-state index is 0.00739. The number of hydrogen-bond acceptors (Lipinski definition) is 5. The molecule has 0 spiro atoms. The number of tetrazole rings is 1. The highest BCUT2D eigenvalue weighted by Crippen LogP contribution is 2.28. The van der Waals surface area contributed by atoms with Gasteiger partial charge >= 0.3 is 0 Å². The lowest BCUT2D eigenvalue weighted by atomic mass is 9.84. The summed E-state index contributed by atoms with van der Waals surface area (Å²) in [6.45, 7) is 7.80. The summed E-state index contributed by atoms with van der Waals surface area (Å²) in [7, 11) is -3.32. The number of aromatic nitrogens is 4. The average Bonchev–Trinajstić information content (AvgIpc) is 3.04. The van der Waals surface area contributed by atoms with Crippen LogP contribution in [0.1, 0.15) is 37.5 Å². The van der Waals surface area contributed by atoms with Crippen molar-refractivity contribution >= 4 is 10.0 Å². The summed E-state index contributed by atoms with van der Waals surface area (Å²) in [6, 6.07) is 6.40. The molecule has 2 aromatic rings. The van der Waals surface area contributed by atoms with Crippen molar-refractivity contribution in [2.75, 3.05) is 12.3 Å². The van der Waals surface area contributed by atoms with Crippen LogP contribution in [0, 0.1) is 0 Å². The summed E-state index contributed by atoms with van der Waals surface area (Å²) >= 11 is 0. The summed E-state index contributed by atoms with van der Waals surface area (Å²) in [5.74, 6) is 0.00739. The third kappa shape index (κ3) is 3.64. The molecular weight excluding hydrogens is 326 g/mol. The highest BCUT2D eigenvalue weighted by Gasteiger charge is 2.27. The van der Waals surface area contributed by atoms with Gasteiger partial charge in [0.1, 0.15) is 6.33 Å². The van der Waals surface area contributed by atoms with Gasteiger partial charge < -0.3 is 0 Å². The van der Waals surface area contributed by atoms with E-state index in [1.54, 1.807) is 4.31 Å². The van der Waals surface area contributed by atoms with Gasteiger partial charge in [-0.15, -0.1) is 5.10 Å². The quantitative estimate of drug-likeness (QED) is 0.832. The molecule has 8 heteroatoms. The van der Waals surface area contributed by atoms with Crippen LogP contribution in [0.15, 0.2) is 24.5 Å². The van der Waals surface area contributed by atoms with E-state index in [-0.39, 0.29) is 17.7 Å². The molecule has 0 saturated heterocycles. The van der Waals surface area contributed by atoms with E-state index in [4.69, 9.17) is 0 Å². The molecule has 1 aliphatic heterocycles. The lowest BCUT2D eigenvalue weighted by molar-refractivity contribution is 0.388. The topological polar surface area (TPSA) is 81.0 Å². The van der Waals surface area contributed by atoms with Crippen LogP contribution in [-0.2, 0) is 34.9 Å². The zero-order chi connectivity index (χ0) is 17.4. The van der Waals surface area contributed by atoms with Crippen LogP contribution < -0.4 is 0 Å². The Labute approximate surface area is 142 Å². The molecular formula is C16H23N5O2S. The number of fused-ring (bicyclic) bond motifs is 1. The third-order valence-electron chi connectivity index (χ3n) is 4.41. The van der Waals surface area contributed by atoms with Crippen molar-refractivity contribution in [2.45, 2.75) is 45.7 Å². The maximum Gasteiger partial charge on any atom is 0.216 e. The summed E-state index contributed by atoms with van der Waals surface area (Å²) in [4.78, 5) is 0. The first kappa shape index (κ1) is 17.0. The van der Waals surface area contributed by atoms with Gasteiger partial charge in [0.15, 0.2) is 0 Å². The van der Waals surface area contributed by atoms with Crippen molar-refractivity contribution in [2.24, 2.45) is 0 Å². The van der Waals surface area contributed by atoms with Crippen LogP contribution in [0.25, 0.3) is 0 Å². The second-order valence-corrected chi connectivity index (χ2v) is 9.29. The van der Waals surface area contributed by atoms with E-state index in [0.29, 0.717) is 13.1 Å². The summed E-state index contributed by atoms with van der Waals surface area (Å²) in [6.07, 6.45) is 2.18. The molecule has 0 fully saturated rings. The van der Waals surface area contributed by atoms with Crippen LogP contribution in [0.3, 0.4) is 0 Å². The summed E-state index contributed by atoms with van der Waals surface area (Å²) < 4.78 is 28.1. The molecule has 0 bridgehead atoms. The fraction of sp³-hybridized carbons (Fsp3) is 0.562. The van der Waals surface area contributed by atoms with Gasteiger partial charge in [0, 0.05) is 13.1 Å². The molecule has 0 aliphatic carbocycles. The molecule has 0 radical (unpaired) electrons. The Kier molecular flexibility index (Phi) is 4.44. The van der Waals surface area contributed by atoms with Crippen LogP contribution in [0.4, 0.5) is 0 Å². The summed E-state index contributed by atoms with van der Waals surface area (Å²) in [5.41, 5.74) is 3.75. The zero-order valence-electron chi connectivity index (χ0n) is 14.3. The number of hydrogen-bond donors (Lipinski definition) is 0. The number of benzene rings is 1. The van der Waals surface area contributed by atoms with Crippen molar-refractivity contribution < 1.29 is 8.42 Å². The van der Waals surface area contributed by atoms with Gasteiger partial charge in [-0.2, -0.15) is 4.31 Å². The van der Waals surface area contributed by atoms with E-state index >= 15 is 0 Å². The average molecular weight is 349 g/mol. The maximum absolute atomic E-state index is 12.6. The molecule has 130 valence electrons. The second-order valence-electron chi connectivity index (χ2n) is 7.21. The predicted octanol–water partition coefficient (Wildman–Crippen LogP) is 1.36. The van der Waals surface area contributed by atoms with Gasteiger partial charge in [0.25, 0.3) is 0 Å². The Morgan fingerprint density at radius 3 is 2.67 bits per heavy atom. The number of sulfonamides is 1. The second kappa shape index (κ2) is 6.25. The molecule has 0 amide bonds. The van der Waals surface area contributed by atoms with E-state index in [1.165, 1.54) is 22.1 Å². The Bertz CT molecular complexity index is 809. The first-order valence-electron chi connectivity index (χ1n) is 8.06. The molecule has 24 heavy (non-hydrogen) atoms. The molecule has 0 unspecified atom stereocenters. The highest BCUT2D eigenvalue weighted by atomic mass is 32.2. The zero-order valence-corrected chi connectivity index (χ0v) is 15.1. The van der Waals surface area contributed by atoms with Crippen LogP contribution in [0.2, 0.25) is 0 Å². The van der Waals surface area contributed by atoms with Crippen LogP contribution in [0.5, 0.6) is 0 Å². The van der Waals surface area contributed by atoms with Crippen molar-refractivity contribution in [3.63, 3.8) is 0 Å². The van der Waals surface area contributed by atoms with Gasteiger partial charge in [0.05, 0.1) is 12.3 Å². The predicted molar refractivity (Wildman–Crippen MR) is 90.9 cm³/mol. The molecule has 0 N–H and O–H groups in total. The molecule has 0 saturated carbocycles. The fourth-order valence-electron chi connectivity index (χ4n) is 2.85. The molecule has 1 aliphatic rings. The largest absolute Gasteiger partial charge is 0.231 e. The van der Waals surface area contributed by atoms with Crippen LogP contribution >= 0.6 is 0 Å². The standard InChI is InChI=1S/C16H23N5O2S/c1-16(2,3)15-5-4-14-11-21(7-6-13(14)10-15)24(22,23)9-8-20-12-17-18-19-20/h4-5,10,12H,6-9,11H2,1-3H3. The highest BCUT2D eigenvalue weighted by molar-refractivity contribution is 7.89. The molecule has 3 rings (SSSR count). The van der Waals surface area contributed by atoms with E-state index in [9.17, 15) is 8.42 Å². The first-order valence-corrected chi connectivity index (χ1v) is 9.67. The van der Waals surface area contributed by atoms with E-state index in [2.05, 4.69) is 54.5 Å². The van der Waals surface area contributed by atoms with Gasteiger partial charge in [-0.1, -0.05) is 39.0 Å². The molecule has 1 aromatic heterocycles. The van der Waals surface area contributed by atoms with Crippen molar-refractivity contribution in [1.82, 2.24) is 24.5 Å². The minimum Gasteiger partial charge on any atom is -0.231 e. The minimum atomic E-state index is -3.32. The van der Waals surface area contributed by atoms with Crippen molar-refractivity contribution in [1.29, 1.82) is 0 Å². The molecule has 1 aromatic carbocycles.